The average molecular weight is 238 g/mol. The molecule has 0 saturated carbocycles. The van der Waals surface area contributed by atoms with E-state index in [1.54, 1.807) is 15.8 Å². The first-order valence-corrected chi connectivity index (χ1v) is 6.15. The quantitative estimate of drug-likeness (QED) is 0.850. The third-order valence-corrected chi connectivity index (χ3v) is 2.67. The highest BCUT2D eigenvalue weighted by molar-refractivity contribution is 5.97. The fourth-order valence-electron chi connectivity index (χ4n) is 1.74. The van der Waals surface area contributed by atoms with Crippen molar-refractivity contribution >= 4 is 11.6 Å². The number of aryl methyl sites for hydroxylation is 1. The number of amides is 1. The Labute approximate surface area is 103 Å². The summed E-state index contributed by atoms with van der Waals surface area (Å²) in [6, 6.07) is 0.161. The third kappa shape index (κ3) is 2.99. The zero-order chi connectivity index (χ0) is 13.0. The Morgan fingerprint density at radius 1 is 1.53 bits per heavy atom. The molecule has 0 aliphatic heterocycles. The lowest BCUT2D eigenvalue weighted by atomic mass is 10.2. The van der Waals surface area contributed by atoms with Gasteiger partial charge in [0.1, 0.15) is 0 Å². The Morgan fingerprint density at radius 3 is 2.59 bits per heavy atom. The van der Waals surface area contributed by atoms with Crippen molar-refractivity contribution in [1.82, 2.24) is 14.7 Å². The minimum absolute atomic E-state index is 0.0773. The van der Waals surface area contributed by atoms with Gasteiger partial charge in [-0.3, -0.25) is 9.48 Å². The summed E-state index contributed by atoms with van der Waals surface area (Å²) in [4.78, 5) is 14.1. The van der Waals surface area contributed by atoms with Gasteiger partial charge in [0.25, 0.3) is 5.91 Å². The molecule has 0 aliphatic carbocycles. The normalized spacial score (nSPS) is 10.9. The molecule has 0 saturated heterocycles. The monoisotopic (exact) mass is 238 g/mol. The van der Waals surface area contributed by atoms with Crippen LogP contribution in [0.15, 0.2) is 6.20 Å². The molecule has 1 rings (SSSR count). The van der Waals surface area contributed by atoms with Crippen molar-refractivity contribution in [3.05, 3.63) is 11.9 Å². The van der Waals surface area contributed by atoms with E-state index in [4.69, 9.17) is 5.73 Å². The van der Waals surface area contributed by atoms with Crippen molar-refractivity contribution in [1.29, 1.82) is 0 Å². The molecule has 17 heavy (non-hydrogen) atoms. The van der Waals surface area contributed by atoms with Gasteiger partial charge in [-0.15, -0.1) is 0 Å². The number of anilines is 1. The number of hydrogen-bond acceptors (Lipinski definition) is 3. The summed E-state index contributed by atoms with van der Waals surface area (Å²) >= 11 is 0. The highest BCUT2D eigenvalue weighted by Crippen LogP contribution is 2.14. The van der Waals surface area contributed by atoms with Crippen LogP contribution in [-0.4, -0.2) is 33.2 Å². The lowest BCUT2D eigenvalue weighted by molar-refractivity contribution is 0.0700. The Balaban J connectivity index is 2.96. The summed E-state index contributed by atoms with van der Waals surface area (Å²) in [5.41, 5.74) is 6.65. The molecule has 0 fully saturated rings. The number of nitrogen functional groups attached to an aromatic ring is 1. The van der Waals surface area contributed by atoms with Gasteiger partial charge in [0.15, 0.2) is 5.69 Å². The van der Waals surface area contributed by atoms with Crippen LogP contribution in [0.1, 0.15) is 44.6 Å². The second kappa shape index (κ2) is 5.70. The van der Waals surface area contributed by atoms with Gasteiger partial charge in [0.2, 0.25) is 0 Å². The number of rotatable bonds is 5. The zero-order valence-electron chi connectivity index (χ0n) is 11.1. The molecule has 1 aromatic heterocycles. The summed E-state index contributed by atoms with van der Waals surface area (Å²) in [5.74, 6) is -0.0773. The highest BCUT2D eigenvalue weighted by atomic mass is 16.2. The van der Waals surface area contributed by atoms with Crippen LogP contribution in [0, 0.1) is 0 Å². The van der Waals surface area contributed by atoms with E-state index in [1.807, 2.05) is 20.8 Å². The molecule has 1 amide bonds. The molecular weight excluding hydrogens is 216 g/mol. The van der Waals surface area contributed by atoms with Crippen molar-refractivity contribution < 1.29 is 4.79 Å². The van der Waals surface area contributed by atoms with Crippen LogP contribution in [0.5, 0.6) is 0 Å². The number of hydrogen-bond donors (Lipinski definition) is 1. The van der Waals surface area contributed by atoms with Crippen LogP contribution in [0.2, 0.25) is 0 Å². The molecule has 0 unspecified atom stereocenters. The second-order valence-electron chi connectivity index (χ2n) is 4.38. The van der Waals surface area contributed by atoms with Gasteiger partial charge in [0, 0.05) is 25.3 Å². The lowest BCUT2D eigenvalue weighted by Crippen LogP contribution is -2.38. The summed E-state index contributed by atoms with van der Waals surface area (Å²) < 4.78 is 1.69. The van der Waals surface area contributed by atoms with E-state index >= 15 is 0 Å². The van der Waals surface area contributed by atoms with Crippen molar-refractivity contribution in [2.75, 3.05) is 12.3 Å². The van der Waals surface area contributed by atoms with Crippen LogP contribution in [0.4, 0.5) is 5.69 Å². The number of nitrogens with two attached hydrogens (primary N) is 1. The molecule has 0 spiro atoms. The fourth-order valence-corrected chi connectivity index (χ4v) is 1.74. The molecular formula is C12H22N4O. The lowest BCUT2D eigenvalue weighted by Gasteiger charge is -2.25. The highest BCUT2D eigenvalue weighted by Gasteiger charge is 2.22. The van der Waals surface area contributed by atoms with E-state index in [2.05, 4.69) is 12.0 Å². The zero-order valence-corrected chi connectivity index (χ0v) is 11.1. The first-order chi connectivity index (χ1) is 8.01. The molecule has 5 heteroatoms. The molecule has 5 nitrogen and oxygen atoms in total. The molecule has 2 N–H and O–H groups in total. The molecule has 1 heterocycles. The van der Waals surface area contributed by atoms with Crippen LogP contribution in [0.3, 0.4) is 0 Å². The Hall–Kier alpha value is -1.52. The smallest absolute Gasteiger partial charge is 0.276 e. The van der Waals surface area contributed by atoms with Crippen molar-refractivity contribution in [2.45, 2.75) is 46.7 Å². The van der Waals surface area contributed by atoms with Gasteiger partial charge in [-0.05, 0) is 27.2 Å². The van der Waals surface area contributed by atoms with Crippen molar-refractivity contribution in [3.63, 3.8) is 0 Å². The molecule has 1 aromatic rings. The van der Waals surface area contributed by atoms with E-state index in [0.29, 0.717) is 17.9 Å². The molecule has 0 aliphatic rings. The number of nitrogens with zero attached hydrogens (tertiary/aromatic N) is 3. The van der Waals surface area contributed by atoms with Crippen LogP contribution >= 0.6 is 0 Å². The second-order valence-corrected chi connectivity index (χ2v) is 4.38. The molecule has 0 atom stereocenters. The topological polar surface area (TPSA) is 64.2 Å². The summed E-state index contributed by atoms with van der Waals surface area (Å²) in [5, 5.41) is 4.21. The van der Waals surface area contributed by atoms with Crippen LogP contribution in [0.25, 0.3) is 0 Å². The van der Waals surface area contributed by atoms with E-state index in [0.717, 1.165) is 13.0 Å². The van der Waals surface area contributed by atoms with Gasteiger partial charge in [-0.2, -0.15) is 5.10 Å². The molecule has 0 bridgehead atoms. The summed E-state index contributed by atoms with van der Waals surface area (Å²) in [7, 11) is 0. The van der Waals surface area contributed by atoms with Gasteiger partial charge in [-0.25, -0.2) is 0 Å². The van der Waals surface area contributed by atoms with Gasteiger partial charge < -0.3 is 10.6 Å². The summed E-state index contributed by atoms with van der Waals surface area (Å²) in [6.45, 7) is 9.46. The number of carbonyl (C=O) groups excluding carboxylic acids is 1. The first kappa shape index (κ1) is 13.5. The van der Waals surface area contributed by atoms with Crippen molar-refractivity contribution in [3.8, 4) is 0 Å². The van der Waals surface area contributed by atoms with Crippen LogP contribution in [-0.2, 0) is 6.54 Å². The Kier molecular flexibility index (Phi) is 4.54. The Bertz CT molecular complexity index is 384. The van der Waals surface area contributed by atoms with E-state index in [-0.39, 0.29) is 11.9 Å². The third-order valence-electron chi connectivity index (χ3n) is 2.67. The predicted molar refractivity (Wildman–Crippen MR) is 68.8 cm³/mol. The standard InChI is InChI=1S/C12H22N4O/c1-5-7-16(9(3)4)12(17)11-10(13)8-15(6-2)14-11/h8-9H,5-7,13H2,1-4H3. The SMILES string of the molecule is CCCN(C(=O)c1nn(CC)cc1N)C(C)C. The van der Waals surface area contributed by atoms with E-state index in [9.17, 15) is 4.79 Å². The van der Waals surface area contributed by atoms with E-state index in [1.165, 1.54) is 0 Å². The largest absolute Gasteiger partial charge is 0.396 e. The molecule has 96 valence electrons. The maximum atomic E-state index is 12.3. The number of carbonyl (C=O) groups is 1. The first-order valence-electron chi connectivity index (χ1n) is 6.15. The predicted octanol–water partition coefficient (Wildman–Crippen LogP) is 1.75. The minimum atomic E-state index is -0.0773. The maximum Gasteiger partial charge on any atom is 0.276 e. The Morgan fingerprint density at radius 2 is 2.18 bits per heavy atom. The fraction of sp³-hybridized carbons (Fsp3) is 0.667. The van der Waals surface area contributed by atoms with Gasteiger partial charge >= 0.3 is 0 Å². The van der Waals surface area contributed by atoms with E-state index < -0.39 is 0 Å². The van der Waals surface area contributed by atoms with Gasteiger partial charge in [0.05, 0.1) is 5.69 Å². The van der Waals surface area contributed by atoms with Gasteiger partial charge in [-0.1, -0.05) is 6.92 Å². The average Bonchev–Trinajstić information content (AvgIpc) is 2.66. The van der Waals surface area contributed by atoms with Crippen molar-refractivity contribution in [2.24, 2.45) is 0 Å². The number of aromatic nitrogens is 2. The molecule has 0 aromatic carbocycles. The summed E-state index contributed by atoms with van der Waals surface area (Å²) in [6.07, 6.45) is 2.63. The molecule has 0 radical (unpaired) electrons. The maximum absolute atomic E-state index is 12.3. The van der Waals surface area contributed by atoms with Crippen LogP contribution < -0.4 is 5.73 Å². The minimum Gasteiger partial charge on any atom is -0.396 e.